The van der Waals surface area contributed by atoms with E-state index in [9.17, 15) is 39.3 Å². The van der Waals surface area contributed by atoms with Crippen LogP contribution in [0.3, 0.4) is 0 Å². The molecule has 1 aromatic rings. The van der Waals surface area contributed by atoms with E-state index >= 15 is 0 Å². The highest BCUT2D eigenvalue weighted by atomic mass is 16.4. The largest absolute Gasteiger partial charge is 0.507 e. The van der Waals surface area contributed by atoms with Crippen LogP contribution in [0.25, 0.3) is 0 Å². The number of primary amides is 1. The molecular weight excluding hydrogens is 518 g/mol. The van der Waals surface area contributed by atoms with Gasteiger partial charge in [-0.15, -0.1) is 0 Å². The van der Waals surface area contributed by atoms with Crippen LogP contribution in [0, 0.1) is 29.6 Å². The van der Waals surface area contributed by atoms with Crippen LogP contribution in [0.5, 0.6) is 5.75 Å². The Morgan fingerprint density at radius 2 is 1.80 bits per heavy atom. The SMILES string of the molecule is CC1CCN(CC(=O)c2ccc(O)c3c2C[C@H]2C[C@H]4[C@H](N(C)C)C(=O)C(C(N)=O)C(=O)[C@@]4(O)C(O)C2C3=O)CC1. The van der Waals surface area contributed by atoms with Gasteiger partial charge in [0.05, 0.1) is 24.1 Å². The number of aromatic hydroxyl groups is 1. The number of rotatable bonds is 5. The Bertz CT molecular complexity index is 1290. The minimum absolute atomic E-state index is 0.00250. The summed E-state index contributed by atoms with van der Waals surface area (Å²) in [6.07, 6.45) is 0.168. The molecule has 0 aromatic heterocycles. The summed E-state index contributed by atoms with van der Waals surface area (Å²) in [5, 5.41) is 33.9. The van der Waals surface area contributed by atoms with Crippen molar-refractivity contribution in [3.8, 4) is 5.75 Å². The van der Waals surface area contributed by atoms with Gasteiger partial charge in [0.15, 0.2) is 34.7 Å². The van der Waals surface area contributed by atoms with E-state index in [1.807, 2.05) is 0 Å². The van der Waals surface area contributed by atoms with E-state index in [0.29, 0.717) is 17.0 Å². The van der Waals surface area contributed by atoms with Gasteiger partial charge in [0.2, 0.25) is 5.91 Å². The van der Waals surface area contributed by atoms with Crippen LogP contribution in [-0.2, 0) is 20.8 Å². The monoisotopic (exact) mass is 555 g/mol. The topological polar surface area (TPSA) is 179 Å². The van der Waals surface area contributed by atoms with Crippen LogP contribution in [0.15, 0.2) is 12.1 Å². The molecule has 5 N–H and O–H groups in total. The number of aliphatic hydroxyl groups excluding tert-OH is 1. The zero-order valence-corrected chi connectivity index (χ0v) is 23.0. The van der Waals surface area contributed by atoms with Crippen molar-refractivity contribution in [3.63, 3.8) is 0 Å². The number of phenolic OH excluding ortho intramolecular Hbond substituents is 1. The first-order valence-corrected chi connectivity index (χ1v) is 13.9. The van der Waals surface area contributed by atoms with Gasteiger partial charge in [-0.2, -0.15) is 0 Å². The fraction of sp³-hybridized carbons (Fsp3) is 0.621. The summed E-state index contributed by atoms with van der Waals surface area (Å²) in [4.78, 5) is 69.6. The number of hydrogen-bond acceptors (Lipinski definition) is 10. The van der Waals surface area contributed by atoms with Crippen molar-refractivity contribution < 1.29 is 39.3 Å². The molecule has 1 aliphatic heterocycles. The van der Waals surface area contributed by atoms with Gasteiger partial charge in [-0.3, -0.25) is 33.8 Å². The molecule has 7 atom stereocenters. The number of amides is 1. The molecule has 4 aliphatic rings. The first kappa shape index (κ1) is 28.5. The predicted octanol–water partition coefficient (Wildman–Crippen LogP) is -0.427. The number of carbonyl (C=O) groups is 5. The number of likely N-dealkylation sites (tertiary alicyclic amines) is 1. The van der Waals surface area contributed by atoms with E-state index in [2.05, 4.69) is 11.8 Å². The van der Waals surface area contributed by atoms with Crippen molar-refractivity contribution in [2.75, 3.05) is 33.7 Å². The van der Waals surface area contributed by atoms with Crippen molar-refractivity contribution >= 4 is 29.0 Å². The molecule has 11 heteroatoms. The molecule has 0 radical (unpaired) electrons. The molecule has 0 spiro atoms. The number of hydrogen-bond donors (Lipinski definition) is 4. The van der Waals surface area contributed by atoms with Crippen LogP contribution in [0.1, 0.15) is 52.5 Å². The van der Waals surface area contributed by atoms with Crippen LogP contribution >= 0.6 is 0 Å². The molecule has 11 nitrogen and oxygen atoms in total. The lowest BCUT2D eigenvalue weighted by Gasteiger charge is -2.56. The Hall–Kier alpha value is -2.99. The minimum atomic E-state index is -2.58. The maximum Gasteiger partial charge on any atom is 0.235 e. The second-order valence-electron chi connectivity index (χ2n) is 12.3. The fourth-order valence-corrected chi connectivity index (χ4v) is 7.60. The molecule has 5 rings (SSSR count). The van der Waals surface area contributed by atoms with Gasteiger partial charge in [0.25, 0.3) is 0 Å². The summed E-state index contributed by atoms with van der Waals surface area (Å²) < 4.78 is 0. The molecule has 0 bridgehead atoms. The highest BCUT2D eigenvalue weighted by Crippen LogP contribution is 2.52. The first-order chi connectivity index (χ1) is 18.8. The maximum atomic E-state index is 13.9. The summed E-state index contributed by atoms with van der Waals surface area (Å²) >= 11 is 0. The number of carbonyl (C=O) groups excluding carboxylic acids is 5. The lowest BCUT2D eigenvalue weighted by Crippen LogP contribution is -2.75. The summed E-state index contributed by atoms with van der Waals surface area (Å²) in [6.45, 7) is 3.95. The fourth-order valence-electron chi connectivity index (χ4n) is 7.60. The molecular formula is C29H37N3O8. The van der Waals surface area contributed by atoms with E-state index in [1.165, 1.54) is 17.0 Å². The minimum Gasteiger partial charge on any atom is -0.507 e. The van der Waals surface area contributed by atoms with Crippen molar-refractivity contribution in [1.82, 2.24) is 9.80 Å². The number of Topliss-reactive ketones (excluding diaryl/α,β-unsaturated/α-hetero) is 4. The van der Waals surface area contributed by atoms with Crippen LogP contribution in [-0.4, -0.2) is 106 Å². The standard InChI is InChI=1S/C29H37N3O8/c1-13-6-8-32(9-7-13)12-19(34)15-4-5-18(33)21-16(15)10-14-11-17-23(31(2)3)25(36)22(28(30)39)27(38)29(17,40)26(37)20(14)24(21)35/h4-5,13-14,17,20,22-23,26,33,37,40H,6-12H2,1-3H3,(H2,30,39)/t14-,17-,20?,22?,23-,26?,29-/m0/s1. The zero-order valence-electron chi connectivity index (χ0n) is 23.0. The number of ketones is 4. The van der Waals surface area contributed by atoms with Crippen molar-refractivity contribution in [2.45, 2.75) is 50.4 Å². The number of piperidine rings is 1. The molecule has 3 aliphatic carbocycles. The molecule has 40 heavy (non-hydrogen) atoms. The van der Waals surface area contributed by atoms with Gasteiger partial charge >= 0.3 is 0 Å². The maximum absolute atomic E-state index is 13.9. The van der Waals surface area contributed by atoms with Crippen molar-refractivity contribution in [3.05, 3.63) is 28.8 Å². The molecule has 3 unspecified atom stereocenters. The van der Waals surface area contributed by atoms with Crippen LogP contribution in [0.4, 0.5) is 0 Å². The number of aliphatic hydroxyl groups is 2. The normalized spacial score (nSPS) is 34.8. The first-order valence-electron chi connectivity index (χ1n) is 13.9. The Labute approximate surface area is 232 Å². The lowest BCUT2D eigenvalue weighted by atomic mass is 9.51. The Balaban J connectivity index is 1.53. The second kappa shape index (κ2) is 10.1. The highest BCUT2D eigenvalue weighted by Gasteiger charge is 2.69. The van der Waals surface area contributed by atoms with E-state index < -0.39 is 64.7 Å². The van der Waals surface area contributed by atoms with E-state index in [4.69, 9.17) is 5.73 Å². The molecule has 3 fully saturated rings. The van der Waals surface area contributed by atoms with Crippen LogP contribution in [0.2, 0.25) is 0 Å². The van der Waals surface area contributed by atoms with Crippen LogP contribution < -0.4 is 5.73 Å². The number of fused-ring (bicyclic) bond motifs is 3. The lowest BCUT2D eigenvalue weighted by molar-refractivity contribution is -0.203. The summed E-state index contributed by atoms with van der Waals surface area (Å²) in [6, 6.07) is 1.68. The number of benzene rings is 1. The summed E-state index contributed by atoms with van der Waals surface area (Å²) in [5.41, 5.74) is 3.39. The molecule has 1 saturated heterocycles. The van der Waals surface area contributed by atoms with Gasteiger partial charge in [-0.1, -0.05) is 6.92 Å². The predicted molar refractivity (Wildman–Crippen MR) is 142 cm³/mol. The zero-order chi connectivity index (χ0) is 29.3. The van der Waals surface area contributed by atoms with E-state index in [0.717, 1.165) is 25.9 Å². The molecule has 2 saturated carbocycles. The Morgan fingerprint density at radius 3 is 2.40 bits per heavy atom. The van der Waals surface area contributed by atoms with Gasteiger partial charge < -0.3 is 21.1 Å². The molecule has 1 aromatic carbocycles. The van der Waals surface area contributed by atoms with Gasteiger partial charge in [0, 0.05) is 11.5 Å². The highest BCUT2D eigenvalue weighted by molar-refractivity contribution is 6.24. The third-order valence-corrected chi connectivity index (χ3v) is 9.73. The third kappa shape index (κ3) is 4.22. The van der Waals surface area contributed by atoms with Crippen molar-refractivity contribution in [2.24, 2.45) is 35.3 Å². The number of likely N-dealkylation sites (N-methyl/N-ethyl adjacent to an activating group) is 1. The molecule has 1 heterocycles. The smallest absolute Gasteiger partial charge is 0.235 e. The Kier molecular flexibility index (Phi) is 7.23. The average molecular weight is 556 g/mol. The van der Waals surface area contributed by atoms with Gasteiger partial charge in [-0.25, -0.2) is 0 Å². The summed E-state index contributed by atoms with van der Waals surface area (Å²) in [5.74, 6) is -8.80. The van der Waals surface area contributed by atoms with E-state index in [-0.39, 0.29) is 36.5 Å². The Morgan fingerprint density at radius 1 is 1.15 bits per heavy atom. The number of phenols is 1. The number of nitrogens with two attached hydrogens (primary N) is 1. The van der Waals surface area contributed by atoms with Gasteiger partial charge in [-0.05, 0) is 82.4 Å². The number of nitrogens with zero attached hydrogens (tertiary/aromatic N) is 2. The quantitative estimate of drug-likeness (QED) is 0.275. The summed E-state index contributed by atoms with van der Waals surface area (Å²) in [7, 11) is 3.12. The third-order valence-electron chi connectivity index (χ3n) is 9.73. The molecule has 216 valence electrons. The van der Waals surface area contributed by atoms with Crippen molar-refractivity contribution in [1.29, 1.82) is 0 Å². The second-order valence-corrected chi connectivity index (χ2v) is 12.3. The van der Waals surface area contributed by atoms with Gasteiger partial charge in [0.1, 0.15) is 11.9 Å². The average Bonchev–Trinajstić information content (AvgIpc) is 2.87. The molecule has 1 amide bonds. The van der Waals surface area contributed by atoms with E-state index in [1.54, 1.807) is 14.1 Å².